The van der Waals surface area contributed by atoms with Gasteiger partial charge in [0.1, 0.15) is 0 Å². The van der Waals surface area contributed by atoms with Gasteiger partial charge in [0.2, 0.25) is 0 Å². The summed E-state index contributed by atoms with van der Waals surface area (Å²) in [6.45, 7) is 1.92. The second-order valence-corrected chi connectivity index (χ2v) is 6.57. The highest BCUT2D eigenvalue weighted by Crippen LogP contribution is 2.48. The van der Waals surface area contributed by atoms with Crippen LogP contribution in [0.4, 0.5) is 0 Å². The Balaban J connectivity index is 1.46. The summed E-state index contributed by atoms with van der Waals surface area (Å²) in [7, 11) is 0. The zero-order valence-corrected chi connectivity index (χ0v) is 11.2. The molecule has 2 N–H and O–H groups in total. The minimum Gasteiger partial charge on any atom is -0.478 e. The normalized spacial score (nSPS) is 19.4. The maximum absolute atomic E-state index is 10.8. The van der Waals surface area contributed by atoms with E-state index in [1.54, 1.807) is 11.4 Å². The largest absolute Gasteiger partial charge is 0.478 e. The van der Waals surface area contributed by atoms with Crippen molar-refractivity contribution in [3.8, 4) is 0 Å². The topological polar surface area (TPSA) is 49.3 Å². The summed E-state index contributed by atoms with van der Waals surface area (Å²) in [6, 6.07) is 1.78. The Kier molecular flexibility index (Phi) is 3.39. The molecule has 3 rings (SSSR count). The van der Waals surface area contributed by atoms with E-state index in [4.69, 9.17) is 5.11 Å². The Morgan fingerprint density at radius 2 is 2.06 bits per heavy atom. The first-order chi connectivity index (χ1) is 8.74. The highest BCUT2D eigenvalue weighted by molar-refractivity contribution is 7.10. The maximum atomic E-state index is 10.8. The highest BCUT2D eigenvalue weighted by Gasteiger charge is 2.40. The number of rotatable bonds is 7. The molecule has 3 nitrogen and oxygen atoms in total. The third kappa shape index (κ3) is 2.93. The number of hydrogen-bond acceptors (Lipinski definition) is 3. The summed E-state index contributed by atoms with van der Waals surface area (Å²) < 4.78 is 0. The van der Waals surface area contributed by atoms with E-state index in [9.17, 15) is 4.79 Å². The molecule has 98 valence electrons. The number of carboxylic acid groups (broad SMARTS) is 1. The van der Waals surface area contributed by atoms with Crippen molar-refractivity contribution in [3.05, 3.63) is 21.9 Å². The quantitative estimate of drug-likeness (QED) is 0.797. The van der Waals surface area contributed by atoms with E-state index in [0.717, 1.165) is 35.7 Å². The van der Waals surface area contributed by atoms with Crippen molar-refractivity contribution in [1.82, 2.24) is 5.32 Å². The molecule has 0 unspecified atom stereocenters. The van der Waals surface area contributed by atoms with Gasteiger partial charge in [-0.15, -0.1) is 11.3 Å². The molecule has 4 heteroatoms. The third-order valence-corrected chi connectivity index (χ3v) is 4.97. The van der Waals surface area contributed by atoms with Crippen molar-refractivity contribution in [3.63, 3.8) is 0 Å². The molecule has 0 amide bonds. The predicted molar refractivity (Wildman–Crippen MR) is 71.9 cm³/mol. The second-order valence-electron chi connectivity index (χ2n) is 5.58. The average molecular weight is 265 g/mol. The monoisotopic (exact) mass is 265 g/mol. The molecule has 1 heterocycles. The summed E-state index contributed by atoms with van der Waals surface area (Å²) in [5, 5.41) is 14.1. The fraction of sp³-hybridized carbons (Fsp3) is 0.643. The van der Waals surface area contributed by atoms with E-state index in [0.29, 0.717) is 5.56 Å². The lowest BCUT2D eigenvalue weighted by molar-refractivity contribution is 0.0697. The molecular weight excluding hydrogens is 246 g/mol. The van der Waals surface area contributed by atoms with Crippen molar-refractivity contribution in [2.45, 2.75) is 32.2 Å². The van der Waals surface area contributed by atoms with Crippen molar-refractivity contribution in [1.29, 1.82) is 0 Å². The van der Waals surface area contributed by atoms with Gasteiger partial charge in [-0.25, -0.2) is 4.79 Å². The molecule has 0 aliphatic heterocycles. The minimum atomic E-state index is -0.827. The first-order valence-corrected chi connectivity index (χ1v) is 7.63. The Morgan fingerprint density at radius 3 is 2.56 bits per heavy atom. The van der Waals surface area contributed by atoms with Gasteiger partial charge in [-0.2, -0.15) is 0 Å². The molecule has 2 saturated carbocycles. The van der Waals surface area contributed by atoms with E-state index >= 15 is 0 Å². The number of thiophene rings is 1. The molecule has 0 bridgehead atoms. The molecule has 0 aromatic carbocycles. The Hall–Kier alpha value is -0.870. The van der Waals surface area contributed by atoms with Gasteiger partial charge in [-0.05, 0) is 56.0 Å². The molecule has 2 aliphatic rings. The Morgan fingerprint density at radius 1 is 1.39 bits per heavy atom. The van der Waals surface area contributed by atoms with E-state index < -0.39 is 5.97 Å². The molecule has 0 spiro atoms. The third-order valence-electron chi connectivity index (χ3n) is 4.03. The van der Waals surface area contributed by atoms with Crippen molar-refractivity contribution < 1.29 is 9.90 Å². The second kappa shape index (κ2) is 5.02. The number of carboxylic acids is 1. The number of hydrogen-bond donors (Lipinski definition) is 2. The van der Waals surface area contributed by atoms with Gasteiger partial charge < -0.3 is 10.4 Å². The van der Waals surface area contributed by atoms with E-state index in [2.05, 4.69) is 5.32 Å². The fourth-order valence-corrected chi connectivity index (χ4v) is 3.54. The summed E-state index contributed by atoms with van der Waals surface area (Å²) >= 11 is 1.53. The summed E-state index contributed by atoms with van der Waals surface area (Å²) in [5.74, 6) is 2.00. The number of aromatic carboxylic acids is 1. The average Bonchev–Trinajstić information content (AvgIpc) is 3.25. The van der Waals surface area contributed by atoms with Crippen LogP contribution < -0.4 is 5.32 Å². The van der Waals surface area contributed by atoms with Crippen LogP contribution in [-0.4, -0.2) is 17.6 Å². The standard InChI is InChI=1S/C14H19NO2S/c16-14(17)11-5-12(18-8-11)6-15-7-13(9-1-2-9)10-3-4-10/h5,8-10,13,15H,1-4,6-7H2,(H,16,17). The molecule has 0 radical (unpaired) electrons. The zero-order valence-electron chi connectivity index (χ0n) is 10.4. The maximum Gasteiger partial charge on any atom is 0.336 e. The summed E-state index contributed by atoms with van der Waals surface area (Å²) in [6.07, 6.45) is 5.69. The van der Waals surface area contributed by atoms with Crippen molar-refractivity contribution >= 4 is 17.3 Å². The van der Waals surface area contributed by atoms with Gasteiger partial charge in [-0.3, -0.25) is 0 Å². The zero-order chi connectivity index (χ0) is 12.5. The van der Waals surface area contributed by atoms with Crippen LogP contribution in [0.25, 0.3) is 0 Å². The van der Waals surface area contributed by atoms with Gasteiger partial charge in [-0.1, -0.05) is 0 Å². The van der Waals surface area contributed by atoms with Crippen LogP contribution in [0.1, 0.15) is 40.9 Å². The molecule has 0 saturated heterocycles. The number of carbonyl (C=O) groups is 1. The SMILES string of the molecule is O=C(O)c1csc(CNCC(C2CC2)C2CC2)c1. The molecule has 18 heavy (non-hydrogen) atoms. The van der Waals surface area contributed by atoms with Crippen LogP contribution in [0.2, 0.25) is 0 Å². The van der Waals surface area contributed by atoms with Gasteiger partial charge >= 0.3 is 5.97 Å². The first kappa shape index (κ1) is 12.2. The van der Waals surface area contributed by atoms with Gasteiger partial charge in [0, 0.05) is 16.8 Å². The van der Waals surface area contributed by atoms with Crippen molar-refractivity contribution in [2.75, 3.05) is 6.54 Å². The van der Waals surface area contributed by atoms with Crippen LogP contribution in [-0.2, 0) is 6.54 Å². The highest BCUT2D eigenvalue weighted by atomic mass is 32.1. The predicted octanol–water partition coefficient (Wildman–Crippen LogP) is 2.97. The minimum absolute atomic E-state index is 0.415. The smallest absolute Gasteiger partial charge is 0.336 e. The molecule has 1 aromatic heterocycles. The molecule has 0 atom stereocenters. The summed E-state index contributed by atoms with van der Waals surface area (Å²) in [4.78, 5) is 11.9. The lowest BCUT2D eigenvalue weighted by Gasteiger charge is -2.15. The van der Waals surface area contributed by atoms with Crippen molar-refractivity contribution in [2.24, 2.45) is 17.8 Å². The van der Waals surface area contributed by atoms with E-state index in [1.165, 1.54) is 37.0 Å². The van der Waals surface area contributed by atoms with Gasteiger partial charge in [0.05, 0.1) is 5.56 Å². The van der Waals surface area contributed by atoms with E-state index in [1.807, 2.05) is 0 Å². The molecular formula is C14H19NO2S. The Bertz CT molecular complexity index is 423. The Labute approximate surface area is 111 Å². The molecule has 2 aliphatic carbocycles. The first-order valence-electron chi connectivity index (χ1n) is 6.75. The molecule has 2 fully saturated rings. The van der Waals surface area contributed by atoms with Crippen LogP contribution in [0.3, 0.4) is 0 Å². The van der Waals surface area contributed by atoms with Gasteiger partial charge in [0.15, 0.2) is 0 Å². The lowest BCUT2D eigenvalue weighted by Crippen LogP contribution is -2.24. The van der Waals surface area contributed by atoms with Gasteiger partial charge in [0.25, 0.3) is 0 Å². The van der Waals surface area contributed by atoms with E-state index in [-0.39, 0.29) is 0 Å². The summed E-state index contributed by atoms with van der Waals surface area (Å²) in [5.41, 5.74) is 0.415. The van der Waals surface area contributed by atoms with Crippen LogP contribution in [0.15, 0.2) is 11.4 Å². The molecule has 1 aromatic rings. The van der Waals surface area contributed by atoms with Crippen LogP contribution in [0.5, 0.6) is 0 Å². The van der Waals surface area contributed by atoms with Crippen LogP contribution in [0, 0.1) is 17.8 Å². The fourth-order valence-electron chi connectivity index (χ4n) is 2.71. The lowest BCUT2D eigenvalue weighted by atomic mass is 9.98. The van der Waals surface area contributed by atoms with Crippen LogP contribution >= 0.6 is 11.3 Å². The number of nitrogens with one attached hydrogen (secondary N) is 1.